The van der Waals surface area contributed by atoms with Crippen LogP contribution in [0.5, 0.6) is 5.75 Å². The van der Waals surface area contributed by atoms with Crippen LogP contribution < -0.4 is 4.74 Å². The van der Waals surface area contributed by atoms with E-state index in [-0.39, 0.29) is 6.29 Å². The topological polar surface area (TPSA) is 18.5 Å². The second-order valence-electron chi connectivity index (χ2n) is 9.78. The quantitative estimate of drug-likeness (QED) is 0.330. The summed E-state index contributed by atoms with van der Waals surface area (Å²) in [5.74, 6) is 3.07. The minimum atomic E-state index is -0.0786. The third-order valence-corrected chi connectivity index (χ3v) is 6.69. The standard InChI is InChI=1S/C26H42O2.3C2H6/c1-20(2)18-21(3)23-14-16-25(17-15-23)28-26(19-22-10-6-4-7-11-22)27-24-12-8-5-9-13-24;3*1-2/h14-17,20-22,24,26H,4-13,18-19H2,1-3H3;3*1-2H3. The monoisotopic (exact) mass is 476 g/mol. The molecule has 2 aliphatic rings. The Bertz CT molecular complexity index is 519. The molecule has 0 N–H and O–H groups in total. The molecule has 0 heterocycles. The van der Waals surface area contributed by atoms with Gasteiger partial charge in [0.15, 0.2) is 6.29 Å². The van der Waals surface area contributed by atoms with E-state index in [1.54, 1.807) is 0 Å². The van der Waals surface area contributed by atoms with Crippen molar-refractivity contribution in [1.82, 2.24) is 0 Å². The maximum absolute atomic E-state index is 6.51. The summed E-state index contributed by atoms with van der Waals surface area (Å²) in [7, 11) is 0. The lowest BCUT2D eigenvalue weighted by atomic mass is 9.87. The zero-order chi connectivity index (χ0) is 25.8. The third kappa shape index (κ3) is 13.8. The number of hydrogen-bond donors (Lipinski definition) is 0. The van der Waals surface area contributed by atoms with E-state index < -0.39 is 0 Å². The largest absolute Gasteiger partial charge is 0.465 e. The van der Waals surface area contributed by atoms with Gasteiger partial charge in [-0.3, -0.25) is 0 Å². The van der Waals surface area contributed by atoms with Gasteiger partial charge in [-0.15, -0.1) is 0 Å². The molecule has 0 saturated heterocycles. The third-order valence-electron chi connectivity index (χ3n) is 6.69. The van der Waals surface area contributed by atoms with Crippen molar-refractivity contribution in [3.05, 3.63) is 29.8 Å². The van der Waals surface area contributed by atoms with Gasteiger partial charge >= 0.3 is 0 Å². The smallest absolute Gasteiger partial charge is 0.200 e. The minimum absolute atomic E-state index is 0.0786. The molecule has 1 aromatic rings. The van der Waals surface area contributed by atoms with Crippen molar-refractivity contribution in [2.45, 2.75) is 158 Å². The Morgan fingerprint density at radius 2 is 1.21 bits per heavy atom. The zero-order valence-electron chi connectivity index (χ0n) is 24.5. The van der Waals surface area contributed by atoms with Crippen LogP contribution in [0, 0.1) is 11.8 Å². The van der Waals surface area contributed by atoms with E-state index in [0.29, 0.717) is 12.0 Å². The molecule has 2 fully saturated rings. The Hall–Kier alpha value is -1.02. The highest BCUT2D eigenvalue weighted by atomic mass is 16.7. The first kappa shape index (κ1) is 33.0. The number of hydrogen-bond acceptors (Lipinski definition) is 2. The van der Waals surface area contributed by atoms with Crippen LogP contribution >= 0.6 is 0 Å². The van der Waals surface area contributed by atoms with Crippen molar-refractivity contribution >= 4 is 0 Å². The molecular formula is C32H60O2. The fourth-order valence-electron chi connectivity index (χ4n) is 5.11. The van der Waals surface area contributed by atoms with Crippen LogP contribution in [0.15, 0.2) is 24.3 Å². The molecule has 0 amide bonds. The van der Waals surface area contributed by atoms with Crippen molar-refractivity contribution in [1.29, 1.82) is 0 Å². The molecular weight excluding hydrogens is 416 g/mol. The Kier molecular flexibility index (Phi) is 20.6. The molecule has 0 bridgehead atoms. The molecule has 3 rings (SSSR count). The molecule has 1 aromatic carbocycles. The molecule has 2 saturated carbocycles. The lowest BCUT2D eigenvalue weighted by Crippen LogP contribution is -2.31. The lowest BCUT2D eigenvalue weighted by molar-refractivity contribution is -0.138. The first-order chi connectivity index (χ1) is 16.6. The fraction of sp³-hybridized carbons (Fsp3) is 0.812. The number of rotatable bonds is 9. The highest BCUT2D eigenvalue weighted by Gasteiger charge is 2.25. The van der Waals surface area contributed by atoms with Crippen molar-refractivity contribution in [2.75, 3.05) is 0 Å². The minimum Gasteiger partial charge on any atom is -0.465 e. The summed E-state index contributed by atoms with van der Waals surface area (Å²) in [6.07, 6.45) is 15.9. The predicted molar refractivity (Wildman–Crippen MR) is 152 cm³/mol. The van der Waals surface area contributed by atoms with Gasteiger partial charge in [-0.2, -0.15) is 0 Å². The van der Waals surface area contributed by atoms with Crippen LogP contribution in [-0.2, 0) is 4.74 Å². The van der Waals surface area contributed by atoms with Gasteiger partial charge < -0.3 is 9.47 Å². The molecule has 200 valence electrons. The lowest BCUT2D eigenvalue weighted by Gasteiger charge is -2.31. The average molecular weight is 477 g/mol. The Morgan fingerprint density at radius 1 is 0.706 bits per heavy atom. The van der Waals surface area contributed by atoms with Crippen LogP contribution in [0.25, 0.3) is 0 Å². The van der Waals surface area contributed by atoms with Gasteiger partial charge in [0, 0.05) is 6.42 Å². The van der Waals surface area contributed by atoms with E-state index in [1.165, 1.54) is 76.2 Å². The van der Waals surface area contributed by atoms with Gasteiger partial charge in [-0.1, -0.05) is 126 Å². The van der Waals surface area contributed by atoms with Crippen molar-refractivity contribution < 1.29 is 9.47 Å². The van der Waals surface area contributed by atoms with Crippen LogP contribution in [0.3, 0.4) is 0 Å². The highest BCUT2D eigenvalue weighted by molar-refractivity contribution is 5.29. The SMILES string of the molecule is CC.CC.CC.CC(C)CC(C)c1ccc(OC(CC2CCCCC2)OC2CCCCC2)cc1. The summed E-state index contributed by atoms with van der Waals surface area (Å²) < 4.78 is 12.9. The molecule has 0 radical (unpaired) electrons. The molecule has 0 aromatic heterocycles. The molecule has 2 nitrogen and oxygen atoms in total. The summed E-state index contributed by atoms with van der Waals surface area (Å²) in [6.45, 7) is 18.9. The molecule has 34 heavy (non-hydrogen) atoms. The first-order valence-electron chi connectivity index (χ1n) is 15.0. The highest BCUT2D eigenvalue weighted by Crippen LogP contribution is 2.32. The Labute approximate surface area is 214 Å². The molecule has 0 spiro atoms. The van der Waals surface area contributed by atoms with E-state index in [9.17, 15) is 0 Å². The van der Waals surface area contributed by atoms with Crippen LogP contribution in [-0.4, -0.2) is 12.4 Å². The summed E-state index contributed by atoms with van der Waals surface area (Å²) in [6, 6.07) is 8.82. The van der Waals surface area contributed by atoms with Gasteiger partial charge in [0.25, 0.3) is 0 Å². The number of ether oxygens (including phenoxy) is 2. The van der Waals surface area contributed by atoms with Gasteiger partial charge in [0.05, 0.1) is 6.10 Å². The van der Waals surface area contributed by atoms with Crippen molar-refractivity contribution in [3.8, 4) is 5.75 Å². The van der Waals surface area contributed by atoms with E-state index in [1.807, 2.05) is 41.5 Å². The van der Waals surface area contributed by atoms with Crippen molar-refractivity contribution in [2.24, 2.45) is 11.8 Å². The van der Waals surface area contributed by atoms with Crippen LogP contribution in [0.2, 0.25) is 0 Å². The molecule has 2 atom stereocenters. The van der Waals surface area contributed by atoms with Gasteiger partial charge in [0.2, 0.25) is 0 Å². The molecule has 2 heteroatoms. The van der Waals surface area contributed by atoms with E-state index >= 15 is 0 Å². The van der Waals surface area contributed by atoms with Crippen molar-refractivity contribution in [3.63, 3.8) is 0 Å². The van der Waals surface area contributed by atoms with Crippen LogP contribution in [0.1, 0.15) is 151 Å². The maximum atomic E-state index is 6.51. The average Bonchev–Trinajstić information content (AvgIpc) is 2.89. The van der Waals surface area contributed by atoms with E-state index in [0.717, 1.165) is 24.0 Å². The second kappa shape index (κ2) is 21.3. The Balaban J connectivity index is 0.00000168. The number of benzene rings is 1. The molecule has 2 aliphatic carbocycles. The predicted octanol–water partition coefficient (Wildman–Crippen LogP) is 10.9. The fourth-order valence-corrected chi connectivity index (χ4v) is 5.11. The summed E-state index contributed by atoms with van der Waals surface area (Å²) in [5.41, 5.74) is 1.41. The summed E-state index contributed by atoms with van der Waals surface area (Å²) >= 11 is 0. The van der Waals surface area contributed by atoms with E-state index in [4.69, 9.17) is 9.47 Å². The normalized spacial score (nSPS) is 18.3. The summed E-state index contributed by atoms with van der Waals surface area (Å²) in [4.78, 5) is 0. The first-order valence-corrected chi connectivity index (χ1v) is 15.0. The van der Waals surface area contributed by atoms with Gasteiger partial charge in [0.1, 0.15) is 5.75 Å². The van der Waals surface area contributed by atoms with Gasteiger partial charge in [-0.05, 0) is 54.7 Å². The molecule has 2 unspecified atom stereocenters. The van der Waals surface area contributed by atoms with Crippen LogP contribution in [0.4, 0.5) is 0 Å². The van der Waals surface area contributed by atoms with E-state index in [2.05, 4.69) is 45.0 Å². The zero-order valence-corrected chi connectivity index (χ0v) is 24.5. The Morgan fingerprint density at radius 3 is 1.71 bits per heavy atom. The maximum Gasteiger partial charge on any atom is 0.200 e. The summed E-state index contributed by atoms with van der Waals surface area (Å²) in [5, 5.41) is 0. The second-order valence-corrected chi connectivity index (χ2v) is 9.78. The molecule has 0 aliphatic heterocycles. The van der Waals surface area contributed by atoms with Gasteiger partial charge in [-0.25, -0.2) is 0 Å².